The number of carbonyl (C=O) groups excluding carboxylic acids is 5. The first-order valence-electron chi connectivity index (χ1n) is 12.8. The van der Waals surface area contributed by atoms with E-state index in [1.807, 2.05) is 6.07 Å². The number of hydrogen-bond acceptors (Lipinski definition) is 6. The Hall–Kier alpha value is -4.62. The van der Waals surface area contributed by atoms with Crippen LogP contribution in [0.2, 0.25) is 5.02 Å². The van der Waals surface area contributed by atoms with Crippen LogP contribution in [-0.4, -0.2) is 46.1 Å². The molecule has 0 aliphatic carbocycles. The summed E-state index contributed by atoms with van der Waals surface area (Å²) in [5.74, 6) is -3.48. The third-order valence-corrected chi connectivity index (χ3v) is 8.03. The predicted octanol–water partition coefficient (Wildman–Crippen LogP) is 4.92. The molecule has 0 bridgehead atoms. The molecule has 7 nitrogen and oxygen atoms in total. The average molecular weight is 551 g/mol. The number of hydrogen-bond donors (Lipinski definition) is 0. The van der Waals surface area contributed by atoms with Gasteiger partial charge in [-0.15, -0.1) is 0 Å². The van der Waals surface area contributed by atoms with Gasteiger partial charge >= 0.3 is 0 Å². The molecule has 8 heteroatoms. The molecule has 0 spiro atoms. The van der Waals surface area contributed by atoms with Gasteiger partial charge in [0.25, 0.3) is 0 Å². The summed E-state index contributed by atoms with van der Waals surface area (Å²) in [6.07, 6.45) is 4.96. The molecular weight excluding hydrogens is 528 g/mol. The first kappa shape index (κ1) is 25.6. The quantitative estimate of drug-likeness (QED) is 0.319. The van der Waals surface area contributed by atoms with Crippen molar-refractivity contribution in [3.05, 3.63) is 125 Å². The van der Waals surface area contributed by atoms with Crippen LogP contribution >= 0.6 is 11.6 Å². The van der Waals surface area contributed by atoms with Gasteiger partial charge in [-0.05, 0) is 61.5 Å². The van der Waals surface area contributed by atoms with Crippen molar-refractivity contribution in [1.29, 1.82) is 0 Å². The fourth-order valence-electron chi connectivity index (χ4n) is 5.84. The highest BCUT2D eigenvalue weighted by Crippen LogP contribution is 2.47. The van der Waals surface area contributed by atoms with Gasteiger partial charge < -0.3 is 4.90 Å². The van der Waals surface area contributed by atoms with E-state index in [0.717, 1.165) is 4.90 Å². The Morgan fingerprint density at radius 3 is 2.02 bits per heavy atom. The number of fused-ring (bicyclic) bond motifs is 3. The third-order valence-electron chi connectivity index (χ3n) is 7.78. The van der Waals surface area contributed by atoms with Crippen LogP contribution in [0.5, 0.6) is 0 Å². The third kappa shape index (κ3) is 4.10. The lowest BCUT2D eigenvalue weighted by Gasteiger charge is -2.32. The van der Waals surface area contributed by atoms with Crippen LogP contribution in [0.25, 0.3) is 0 Å². The van der Waals surface area contributed by atoms with Crippen LogP contribution in [0.15, 0.2) is 103 Å². The number of anilines is 1. The number of amides is 2. The number of rotatable bonds is 6. The zero-order valence-corrected chi connectivity index (χ0v) is 22.1. The largest absolute Gasteiger partial charge is 0.359 e. The summed E-state index contributed by atoms with van der Waals surface area (Å²) in [5, 5.41) is 0.468. The van der Waals surface area contributed by atoms with E-state index >= 15 is 0 Å². The average Bonchev–Trinajstić information content (AvgIpc) is 3.44. The molecule has 2 amide bonds. The molecule has 3 aliphatic heterocycles. The molecular formula is C32H23ClN2O5. The normalized spacial score (nSPS) is 23.1. The van der Waals surface area contributed by atoms with Crippen LogP contribution < -0.4 is 4.90 Å². The summed E-state index contributed by atoms with van der Waals surface area (Å²) < 4.78 is 0. The van der Waals surface area contributed by atoms with E-state index in [4.69, 9.17) is 11.6 Å². The van der Waals surface area contributed by atoms with Crippen molar-refractivity contribution in [3.8, 4) is 0 Å². The van der Waals surface area contributed by atoms with Crippen LogP contribution in [0, 0.1) is 11.8 Å². The highest BCUT2D eigenvalue weighted by Gasteiger charge is 2.63. The second-order valence-electron chi connectivity index (χ2n) is 10.1. The van der Waals surface area contributed by atoms with Gasteiger partial charge in [-0.3, -0.25) is 24.0 Å². The zero-order valence-electron chi connectivity index (χ0n) is 21.4. The fourth-order valence-corrected chi connectivity index (χ4v) is 5.96. The van der Waals surface area contributed by atoms with Gasteiger partial charge in [0.05, 0.1) is 23.6 Å². The van der Waals surface area contributed by atoms with Gasteiger partial charge in [-0.2, -0.15) is 0 Å². The van der Waals surface area contributed by atoms with Gasteiger partial charge in [0.15, 0.2) is 17.3 Å². The topological polar surface area (TPSA) is 91.8 Å². The molecule has 2 fully saturated rings. The van der Waals surface area contributed by atoms with Crippen molar-refractivity contribution in [1.82, 2.24) is 4.90 Å². The fraction of sp³-hybridized carbons (Fsp3) is 0.156. The van der Waals surface area contributed by atoms with E-state index < -0.39 is 35.7 Å². The predicted molar refractivity (Wildman–Crippen MR) is 149 cm³/mol. The molecule has 0 N–H and O–H groups in total. The Balaban J connectivity index is 1.42. The maximum atomic E-state index is 13.9. The Morgan fingerprint density at radius 1 is 0.750 bits per heavy atom. The number of carbonyl (C=O) groups is 5. The zero-order chi connectivity index (χ0) is 28.1. The molecule has 4 atom stereocenters. The van der Waals surface area contributed by atoms with Crippen molar-refractivity contribution in [3.63, 3.8) is 0 Å². The molecule has 0 aromatic heterocycles. The molecule has 3 aromatic carbocycles. The minimum atomic E-state index is -0.972. The SMILES string of the molecule is CC(=O)c1ccc(N2C(=O)[C@@H]3[C@H](C2=O)[C@@H](C(=O)c2ccc(Cl)cc2)N2C=CC(C(=O)c4ccccc4)=C[C@@H]32)cc1. The maximum absolute atomic E-state index is 13.9. The van der Waals surface area contributed by atoms with E-state index in [1.54, 1.807) is 96.0 Å². The van der Waals surface area contributed by atoms with Gasteiger partial charge in [0.2, 0.25) is 11.8 Å². The van der Waals surface area contributed by atoms with E-state index in [9.17, 15) is 24.0 Å². The summed E-state index contributed by atoms with van der Waals surface area (Å²) in [6.45, 7) is 1.43. The Bertz CT molecular complexity index is 1630. The Labute approximate surface area is 235 Å². The molecule has 3 aromatic rings. The van der Waals surface area contributed by atoms with E-state index in [-0.39, 0.29) is 17.3 Å². The number of halogens is 1. The minimum Gasteiger partial charge on any atom is -0.359 e. The van der Waals surface area contributed by atoms with Crippen molar-refractivity contribution in [2.75, 3.05) is 4.90 Å². The molecule has 198 valence electrons. The molecule has 0 unspecified atom stereocenters. The van der Waals surface area contributed by atoms with Gasteiger partial charge in [-0.25, -0.2) is 4.90 Å². The second kappa shape index (κ2) is 9.84. The smallest absolute Gasteiger partial charge is 0.240 e. The lowest BCUT2D eigenvalue weighted by Crippen LogP contribution is -2.46. The lowest BCUT2D eigenvalue weighted by atomic mass is 9.85. The summed E-state index contributed by atoms with van der Waals surface area (Å²) in [7, 11) is 0. The highest BCUT2D eigenvalue weighted by molar-refractivity contribution is 6.30. The van der Waals surface area contributed by atoms with Crippen LogP contribution in [0.4, 0.5) is 5.69 Å². The number of Topliss-reactive ketones (excluding diaryl/α,β-unsaturated/α-hetero) is 3. The summed E-state index contributed by atoms with van der Waals surface area (Å²) in [5.41, 5.74) is 2.03. The van der Waals surface area contributed by atoms with Crippen LogP contribution in [0.3, 0.4) is 0 Å². The monoisotopic (exact) mass is 550 g/mol. The first-order valence-corrected chi connectivity index (χ1v) is 13.2. The molecule has 6 rings (SSSR count). The molecule has 2 saturated heterocycles. The van der Waals surface area contributed by atoms with Crippen LogP contribution in [-0.2, 0) is 9.59 Å². The van der Waals surface area contributed by atoms with Gasteiger partial charge in [0, 0.05) is 33.5 Å². The van der Waals surface area contributed by atoms with E-state index in [0.29, 0.717) is 33.0 Å². The van der Waals surface area contributed by atoms with Gasteiger partial charge in [0.1, 0.15) is 6.04 Å². The molecule has 3 heterocycles. The van der Waals surface area contributed by atoms with Crippen molar-refractivity contribution in [2.24, 2.45) is 11.8 Å². The number of nitrogens with zero attached hydrogens (tertiary/aromatic N) is 2. The number of allylic oxidation sites excluding steroid dienone is 2. The molecule has 0 radical (unpaired) electrons. The van der Waals surface area contributed by atoms with Crippen molar-refractivity contribution < 1.29 is 24.0 Å². The first-order chi connectivity index (χ1) is 19.3. The molecule has 0 saturated carbocycles. The summed E-state index contributed by atoms with van der Waals surface area (Å²) in [6, 6.07) is 19.8. The molecule has 3 aliphatic rings. The number of benzene rings is 3. The van der Waals surface area contributed by atoms with Gasteiger partial charge in [-0.1, -0.05) is 48.0 Å². The Kier molecular flexibility index (Phi) is 6.31. The number of ketones is 3. The Morgan fingerprint density at radius 2 is 1.38 bits per heavy atom. The summed E-state index contributed by atoms with van der Waals surface area (Å²) >= 11 is 6.03. The van der Waals surface area contributed by atoms with Crippen LogP contribution in [0.1, 0.15) is 38.0 Å². The second-order valence-corrected chi connectivity index (χ2v) is 10.5. The summed E-state index contributed by atoms with van der Waals surface area (Å²) in [4.78, 5) is 69.5. The molecule has 40 heavy (non-hydrogen) atoms. The number of imide groups is 1. The van der Waals surface area contributed by atoms with Crippen molar-refractivity contribution in [2.45, 2.75) is 19.0 Å². The standard InChI is InChI=1S/C32H23ClN2O5/c1-18(36)19-9-13-24(14-10-19)35-31(39)26-25-17-22(29(37)20-5-3-2-4-6-20)15-16-34(25)28(27(26)32(35)40)30(38)21-7-11-23(33)12-8-21/h2-17,25-28H,1H3/t25-,26-,27-,28-/m0/s1. The lowest BCUT2D eigenvalue weighted by molar-refractivity contribution is -0.123. The minimum absolute atomic E-state index is 0.137. The highest BCUT2D eigenvalue weighted by atomic mass is 35.5. The van der Waals surface area contributed by atoms with E-state index in [2.05, 4.69) is 0 Å². The van der Waals surface area contributed by atoms with Crippen molar-refractivity contribution >= 4 is 46.5 Å². The van der Waals surface area contributed by atoms with E-state index in [1.165, 1.54) is 6.92 Å². The maximum Gasteiger partial charge on any atom is 0.240 e.